The van der Waals surface area contributed by atoms with E-state index in [0.29, 0.717) is 11.7 Å². The molecule has 2 aromatic carbocycles. The number of carbonyl (C=O) groups excluding carboxylic acids is 1. The van der Waals surface area contributed by atoms with Crippen molar-refractivity contribution in [1.29, 1.82) is 0 Å². The number of halogens is 2. The van der Waals surface area contributed by atoms with E-state index in [9.17, 15) is 13.6 Å². The van der Waals surface area contributed by atoms with E-state index >= 15 is 0 Å². The second-order valence-electron chi connectivity index (χ2n) is 5.44. The molecule has 0 bridgehead atoms. The van der Waals surface area contributed by atoms with Crippen LogP contribution in [-0.4, -0.2) is 19.1 Å². The molecular formula is C18H19F2NO3. The van der Waals surface area contributed by atoms with Crippen LogP contribution in [0.3, 0.4) is 0 Å². The molecule has 128 valence electrons. The lowest BCUT2D eigenvalue weighted by Gasteiger charge is -2.13. The van der Waals surface area contributed by atoms with Gasteiger partial charge in [-0.25, -0.2) is 0 Å². The van der Waals surface area contributed by atoms with Crippen LogP contribution in [0.25, 0.3) is 0 Å². The molecule has 1 amide bonds. The molecule has 2 rings (SSSR count). The van der Waals surface area contributed by atoms with Gasteiger partial charge in [0.15, 0.2) is 6.61 Å². The van der Waals surface area contributed by atoms with E-state index in [0.717, 1.165) is 5.56 Å². The Kier molecular flexibility index (Phi) is 6.12. The zero-order chi connectivity index (χ0) is 17.5. The van der Waals surface area contributed by atoms with Crippen LogP contribution in [0.4, 0.5) is 14.5 Å². The molecule has 0 spiro atoms. The van der Waals surface area contributed by atoms with E-state index in [1.165, 1.54) is 12.1 Å². The van der Waals surface area contributed by atoms with Crippen LogP contribution in [0.15, 0.2) is 48.5 Å². The van der Waals surface area contributed by atoms with E-state index in [4.69, 9.17) is 4.74 Å². The summed E-state index contributed by atoms with van der Waals surface area (Å²) in [7, 11) is 0. The predicted molar refractivity (Wildman–Crippen MR) is 87.7 cm³/mol. The maximum absolute atomic E-state index is 12.4. The first-order valence-electron chi connectivity index (χ1n) is 7.52. The summed E-state index contributed by atoms with van der Waals surface area (Å²) in [6.07, 6.45) is 0. The summed E-state index contributed by atoms with van der Waals surface area (Å²) in [5.41, 5.74) is 1.27. The number of anilines is 1. The third-order valence-electron chi connectivity index (χ3n) is 3.27. The monoisotopic (exact) mass is 335 g/mol. The molecular weight excluding hydrogens is 316 g/mol. The van der Waals surface area contributed by atoms with Crippen LogP contribution < -0.4 is 14.8 Å². The van der Waals surface area contributed by atoms with Gasteiger partial charge in [-0.2, -0.15) is 8.78 Å². The van der Waals surface area contributed by atoms with Crippen LogP contribution in [0.5, 0.6) is 11.5 Å². The van der Waals surface area contributed by atoms with Gasteiger partial charge in [-0.05, 0) is 35.7 Å². The van der Waals surface area contributed by atoms with E-state index in [2.05, 4.69) is 23.9 Å². The van der Waals surface area contributed by atoms with Crippen molar-refractivity contribution in [2.45, 2.75) is 26.4 Å². The number of hydrogen-bond donors (Lipinski definition) is 1. The van der Waals surface area contributed by atoms with Crippen molar-refractivity contribution in [3.05, 3.63) is 54.1 Å². The van der Waals surface area contributed by atoms with Gasteiger partial charge in [-0.15, -0.1) is 0 Å². The van der Waals surface area contributed by atoms with Crippen molar-refractivity contribution in [2.24, 2.45) is 0 Å². The minimum Gasteiger partial charge on any atom is -0.484 e. The van der Waals surface area contributed by atoms with E-state index < -0.39 is 12.5 Å². The summed E-state index contributed by atoms with van der Waals surface area (Å²) in [5.74, 6) is 0.368. The third-order valence-corrected chi connectivity index (χ3v) is 3.27. The van der Waals surface area contributed by atoms with Gasteiger partial charge in [-0.1, -0.05) is 38.1 Å². The average molecular weight is 335 g/mol. The molecule has 24 heavy (non-hydrogen) atoms. The molecule has 0 saturated heterocycles. The Balaban J connectivity index is 1.96. The Hall–Kier alpha value is -2.63. The standard InChI is InChI=1S/C18H19F2NO3/c1-12(2)13-6-5-7-14(10-13)23-11-17(22)21-15-8-3-4-9-16(15)24-18(19)20/h3-10,12,18H,11H2,1-2H3,(H,21,22). The number of benzene rings is 2. The third kappa shape index (κ3) is 5.22. The first kappa shape index (κ1) is 17.7. The number of nitrogens with one attached hydrogen (secondary N) is 1. The van der Waals surface area contributed by atoms with Gasteiger partial charge in [-0.3, -0.25) is 4.79 Å². The van der Waals surface area contributed by atoms with Gasteiger partial charge in [0.1, 0.15) is 11.5 Å². The molecule has 0 heterocycles. The fraction of sp³-hybridized carbons (Fsp3) is 0.278. The second-order valence-corrected chi connectivity index (χ2v) is 5.44. The summed E-state index contributed by atoms with van der Waals surface area (Å²) in [6.45, 7) is 0.931. The smallest absolute Gasteiger partial charge is 0.387 e. The molecule has 0 saturated carbocycles. The molecule has 6 heteroatoms. The molecule has 4 nitrogen and oxygen atoms in total. The van der Waals surface area contributed by atoms with Gasteiger partial charge < -0.3 is 14.8 Å². The van der Waals surface area contributed by atoms with Crippen molar-refractivity contribution in [2.75, 3.05) is 11.9 Å². The lowest BCUT2D eigenvalue weighted by Crippen LogP contribution is -2.21. The highest BCUT2D eigenvalue weighted by Gasteiger charge is 2.12. The van der Waals surface area contributed by atoms with Crippen molar-refractivity contribution >= 4 is 11.6 Å². The first-order chi connectivity index (χ1) is 11.5. The summed E-state index contributed by atoms with van der Waals surface area (Å²) < 4.78 is 34.5. The fourth-order valence-electron chi connectivity index (χ4n) is 2.07. The Morgan fingerprint density at radius 2 is 1.88 bits per heavy atom. The highest BCUT2D eigenvalue weighted by molar-refractivity contribution is 5.93. The zero-order valence-electron chi connectivity index (χ0n) is 13.5. The molecule has 0 atom stereocenters. The number of carbonyl (C=O) groups is 1. The molecule has 0 aliphatic heterocycles. The molecule has 0 aliphatic carbocycles. The fourth-order valence-corrected chi connectivity index (χ4v) is 2.07. The van der Waals surface area contributed by atoms with Crippen LogP contribution in [0.1, 0.15) is 25.3 Å². The Morgan fingerprint density at radius 3 is 2.58 bits per heavy atom. The highest BCUT2D eigenvalue weighted by atomic mass is 19.3. The normalized spacial score (nSPS) is 10.8. The van der Waals surface area contributed by atoms with E-state index in [1.54, 1.807) is 18.2 Å². The lowest BCUT2D eigenvalue weighted by atomic mass is 10.0. The number of para-hydroxylation sites is 2. The molecule has 0 aliphatic rings. The Morgan fingerprint density at radius 1 is 1.12 bits per heavy atom. The van der Waals surface area contributed by atoms with E-state index in [-0.39, 0.29) is 18.0 Å². The van der Waals surface area contributed by atoms with Crippen molar-refractivity contribution in [3.63, 3.8) is 0 Å². The summed E-state index contributed by atoms with van der Waals surface area (Å²) >= 11 is 0. The number of alkyl halides is 2. The average Bonchev–Trinajstić information content (AvgIpc) is 2.54. The minimum absolute atomic E-state index is 0.0948. The lowest BCUT2D eigenvalue weighted by molar-refractivity contribution is -0.118. The van der Waals surface area contributed by atoms with Crippen LogP contribution in [0, 0.1) is 0 Å². The van der Waals surface area contributed by atoms with E-state index in [1.807, 2.05) is 18.2 Å². The van der Waals surface area contributed by atoms with Gasteiger partial charge >= 0.3 is 6.61 Å². The number of hydrogen-bond acceptors (Lipinski definition) is 3. The quantitative estimate of drug-likeness (QED) is 0.814. The maximum Gasteiger partial charge on any atom is 0.387 e. The molecule has 1 N–H and O–H groups in total. The largest absolute Gasteiger partial charge is 0.484 e. The number of amides is 1. The Bertz CT molecular complexity index is 689. The van der Waals surface area contributed by atoms with Crippen LogP contribution >= 0.6 is 0 Å². The van der Waals surface area contributed by atoms with Gasteiger partial charge in [0, 0.05) is 0 Å². The number of rotatable bonds is 7. The second kappa shape index (κ2) is 8.29. The molecule has 0 fully saturated rings. The molecule has 0 aromatic heterocycles. The van der Waals surface area contributed by atoms with Gasteiger partial charge in [0.25, 0.3) is 5.91 Å². The summed E-state index contributed by atoms with van der Waals surface area (Å²) in [6, 6.07) is 13.5. The molecule has 2 aromatic rings. The molecule has 0 radical (unpaired) electrons. The first-order valence-corrected chi connectivity index (χ1v) is 7.52. The predicted octanol–water partition coefficient (Wildman–Crippen LogP) is 4.43. The van der Waals surface area contributed by atoms with Crippen molar-refractivity contribution in [3.8, 4) is 11.5 Å². The maximum atomic E-state index is 12.4. The highest BCUT2D eigenvalue weighted by Crippen LogP contribution is 2.25. The molecule has 0 unspecified atom stereocenters. The SMILES string of the molecule is CC(C)c1cccc(OCC(=O)Nc2ccccc2OC(F)F)c1. The Labute approximate surface area is 139 Å². The van der Waals surface area contributed by atoms with Gasteiger partial charge in [0.05, 0.1) is 5.69 Å². The van der Waals surface area contributed by atoms with Crippen molar-refractivity contribution < 1.29 is 23.0 Å². The van der Waals surface area contributed by atoms with Crippen LogP contribution in [0.2, 0.25) is 0 Å². The van der Waals surface area contributed by atoms with Crippen molar-refractivity contribution in [1.82, 2.24) is 0 Å². The number of ether oxygens (including phenoxy) is 2. The minimum atomic E-state index is -2.96. The summed E-state index contributed by atoms with van der Waals surface area (Å²) in [4.78, 5) is 12.0. The van der Waals surface area contributed by atoms with Crippen LogP contribution in [-0.2, 0) is 4.79 Å². The topological polar surface area (TPSA) is 47.6 Å². The summed E-state index contributed by atoms with van der Waals surface area (Å²) in [5, 5.41) is 2.50. The zero-order valence-corrected chi connectivity index (χ0v) is 13.5. The van der Waals surface area contributed by atoms with Gasteiger partial charge in [0.2, 0.25) is 0 Å².